The summed E-state index contributed by atoms with van der Waals surface area (Å²) in [6, 6.07) is 17.5. The maximum Gasteiger partial charge on any atom is 0.231 e. The first-order valence-corrected chi connectivity index (χ1v) is 14.3. The lowest BCUT2D eigenvalue weighted by Gasteiger charge is -2.34. The van der Waals surface area contributed by atoms with E-state index in [1.807, 2.05) is 42.7 Å². The maximum absolute atomic E-state index is 12.1. The average Bonchev–Trinajstić information content (AvgIpc) is 2.95. The molecule has 2 aromatic carbocycles. The van der Waals surface area contributed by atoms with E-state index in [1.54, 1.807) is 12.1 Å². The summed E-state index contributed by atoms with van der Waals surface area (Å²) in [6.45, 7) is 2.97. The minimum absolute atomic E-state index is 0.0506. The molecule has 1 aliphatic heterocycles. The van der Waals surface area contributed by atoms with Gasteiger partial charge < -0.3 is 15.1 Å². The number of sulfonamides is 1. The number of nitrogens with one attached hydrogen (secondary N) is 1. The van der Waals surface area contributed by atoms with Gasteiger partial charge in [0.05, 0.1) is 5.75 Å². The molecule has 1 fully saturated rings. The summed E-state index contributed by atoms with van der Waals surface area (Å²) < 4.78 is 25.4. The van der Waals surface area contributed by atoms with Crippen LogP contribution in [0.3, 0.4) is 0 Å². The van der Waals surface area contributed by atoms with E-state index in [-0.39, 0.29) is 5.75 Å². The van der Waals surface area contributed by atoms with Crippen molar-refractivity contribution in [3.8, 4) is 0 Å². The highest BCUT2D eigenvalue weighted by atomic mass is 32.2. The predicted octanol–water partition coefficient (Wildman–Crippen LogP) is 2.71. The van der Waals surface area contributed by atoms with Crippen molar-refractivity contribution in [3.05, 3.63) is 90.0 Å². The van der Waals surface area contributed by atoms with Crippen LogP contribution in [0.4, 0.5) is 23.5 Å². The summed E-state index contributed by atoms with van der Waals surface area (Å²) in [4.78, 5) is 26.7. The standard InChI is InChI=1S/C27H31N9O2S/c1-34(2)39(37,38)19-22-8-10-24(11-9-22)32-25-30-20-31-27(33-25)36-14-12-35(13-15-36)26-28-17-23(18-29-26)16-21-6-4-3-5-7-21/h3-11,17-18,20H,12-16,19H2,1-2H3,(H,30,31,32,33). The van der Waals surface area contributed by atoms with Gasteiger partial charge in [-0.1, -0.05) is 42.5 Å². The highest BCUT2D eigenvalue weighted by Crippen LogP contribution is 2.19. The van der Waals surface area contributed by atoms with Gasteiger partial charge in [-0.05, 0) is 28.8 Å². The van der Waals surface area contributed by atoms with E-state index in [4.69, 9.17) is 0 Å². The molecule has 4 aromatic rings. The Morgan fingerprint density at radius 1 is 0.769 bits per heavy atom. The lowest BCUT2D eigenvalue weighted by atomic mass is 10.1. The quantitative estimate of drug-likeness (QED) is 0.336. The molecule has 2 aromatic heterocycles. The molecule has 0 bridgehead atoms. The van der Waals surface area contributed by atoms with Gasteiger partial charge in [-0.25, -0.2) is 32.7 Å². The molecular weight excluding hydrogens is 514 g/mol. The molecule has 1 aliphatic rings. The van der Waals surface area contributed by atoms with E-state index >= 15 is 0 Å². The summed E-state index contributed by atoms with van der Waals surface area (Å²) in [5.41, 5.74) is 3.79. The van der Waals surface area contributed by atoms with Gasteiger partial charge in [0.1, 0.15) is 6.33 Å². The van der Waals surface area contributed by atoms with E-state index in [0.717, 1.165) is 49.8 Å². The van der Waals surface area contributed by atoms with Gasteiger partial charge in [0.2, 0.25) is 27.9 Å². The van der Waals surface area contributed by atoms with E-state index in [1.165, 1.54) is 30.3 Å². The number of anilines is 4. The summed E-state index contributed by atoms with van der Waals surface area (Å²) in [6.07, 6.45) is 6.11. The summed E-state index contributed by atoms with van der Waals surface area (Å²) in [5, 5.41) is 3.17. The first-order chi connectivity index (χ1) is 18.9. The Hall–Kier alpha value is -4.16. The highest BCUT2D eigenvalue weighted by molar-refractivity contribution is 7.88. The van der Waals surface area contributed by atoms with Gasteiger partial charge in [-0.3, -0.25) is 0 Å². The Kier molecular flexibility index (Phi) is 7.94. The molecule has 202 valence electrons. The Morgan fingerprint density at radius 3 is 2.05 bits per heavy atom. The van der Waals surface area contributed by atoms with E-state index in [0.29, 0.717) is 17.5 Å². The Labute approximate surface area is 228 Å². The number of piperazine rings is 1. The monoisotopic (exact) mass is 545 g/mol. The maximum atomic E-state index is 12.1. The number of hydrogen-bond acceptors (Lipinski definition) is 10. The fourth-order valence-electron chi connectivity index (χ4n) is 4.19. The van der Waals surface area contributed by atoms with Crippen molar-refractivity contribution in [2.24, 2.45) is 0 Å². The second kappa shape index (κ2) is 11.7. The molecule has 5 rings (SSSR count). The molecule has 1 saturated heterocycles. The highest BCUT2D eigenvalue weighted by Gasteiger charge is 2.21. The number of nitrogens with zero attached hydrogens (tertiary/aromatic N) is 8. The third-order valence-electron chi connectivity index (χ3n) is 6.46. The Bertz CT molecular complexity index is 1470. The summed E-state index contributed by atoms with van der Waals surface area (Å²) in [5.74, 6) is 1.70. The molecule has 0 saturated carbocycles. The number of rotatable bonds is 9. The second-order valence-corrected chi connectivity index (χ2v) is 11.7. The van der Waals surface area contributed by atoms with Crippen LogP contribution in [0.1, 0.15) is 16.7 Å². The number of hydrogen-bond donors (Lipinski definition) is 1. The Balaban J connectivity index is 1.16. The molecule has 39 heavy (non-hydrogen) atoms. The van der Waals surface area contributed by atoms with Gasteiger partial charge in [0.25, 0.3) is 0 Å². The smallest absolute Gasteiger partial charge is 0.231 e. The molecule has 0 amide bonds. The zero-order valence-corrected chi connectivity index (χ0v) is 22.8. The van der Waals surface area contributed by atoms with Crippen molar-refractivity contribution in [2.45, 2.75) is 12.2 Å². The normalized spacial score (nSPS) is 14.0. The summed E-state index contributed by atoms with van der Waals surface area (Å²) >= 11 is 0. The van der Waals surface area contributed by atoms with Gasteiger partial charge in [-0.15, -0.1) is 0 Å². The molecule has 0 atom stereocenters. The second-order valence-electron chi connectivity index (χ2n) is 9.50. The van der Waals surface area contributed by atoms with Crippen molar-refractivity contribution in [1.29, 1.82) is 0 Å². The van der Waals surface area contributed by atoms with E-state index in [2.05, 4.69) is 52.2 Å². The topological polar surface area (TPSA) is 120 Å². The fraction of sp³-hybridized carbons (Fsp3) is 0.296. The minimum Gasteiger partial charge on any atom is -0.337 e. The average molecular weight is 546 g/mol. The van der Waals surface area contributed by atoms with E-state index < -0.39 is 10.0 Å². The number of benzene rings is 2. The van der Waals surface area contributed by atoms with Crippen LogP contribution >= 0.6 is 0 Å². The van der Waals surface area contributed by atoms with E-state index in [9.17, 15) is 8.42 Å². The van der Waals surface area contributed by atoms with Crippen LogP contribution in [0.5, 0.6) is 0 Å². The zero-order chi connectivity index (χ0) is 27.2. The summed E-state index contributed by atoms with van der Waals surface area (Å²) in [7, 11) is -0.255. The van der Waals surface area contributed by atoms with Crippen molar-refractivity contribution in [1.82, 2.24) is 29.2 Å². The molecule has 3 heterocycles. The largest absolute Gasteiger partial charge is 0.337 e. The first-order valence-electron chi connectivity index (χ1n) is 12.7. The SMILES string of the molecule is CN(C)S(=O)(=O)Cc1ccc(Nc2ncnc(N3CCN(c4ncc(Cc5ccccc5)cn4)CC3)n2)cc1. The molecule has 1 N–H and O–H groups in total. The lowest BCUT2D eigenvalue weighted by molar-refractivity contribution is 0.520. The van der Waals surface area contributed by atoms with Crippen LogP contribution in [-0.2, 0) is 22.2 Å². The minimum atomic E-state index is -3.31. The first kappa shape index (κ1) is 26.4. The molecule has 12 heteroatoms. The molecule has 0 unspecified atom stereocenters. The van der Waals surface area contributed by atoms with Crippen LogP contribution in [0.25, 0.3) is 0 Å². The van der Waals surface area contributed by atoms with Crippen LogP contribution in [0.2, 0.25) is 0 Å². The third-order valence-corrected chi connectivity index (χ3v) is 8.27. The van der Waals surface area contributed by atoms with Crippen LogP contribution < -0.4 is 15.1 Å². The lowest BCUT2D eigenvalue weighted by Crippen LogP contribution is -2.47. The molecule has 0 radical (unpaired) electrons. The van der Waals surface area contributed by atoms with Crippen molar-refractivity contribution in [3.63, 3.8) is 0 Å². The van der Waals surface area contributed by atoms with Gasteiger partial charge >= 0.3 is 0 Å². The molecule has 0 spiro atoms. The molecular formula is C27H31N9O2S. The molecule has 0 aliphatic carbocycles. The fourth-order valence-corrected chi connectivity index (χ4v) is 5.07. The van der Waals surface area contributed by atoms with Crippen molar-refractivity contribution >= 4 is 33.6 Å². The Morgan fingerprint density at radius 2 is 1.41 bits per heavy atom. The van der Waals surface area contributed by atoms with Gasteiger partial charge in [0.15, 0.2) is 0 Å². The van der Waals surface area contributed by atoms with Crippen LogP contribution in [-0.4, -0.2) is 77.9 Å². The van der Waals surface area contributed by atoms with Crippen LogP contribution in [0.15, 0.2) is 73.3 Å². The number of aromatic nitrogens is 5. The van der Waals surface area contributed by atoms with Gasteiger partial charge in [-0.2, -0.15) is 4.98 Å². The molecule has 11 nitrogen and oxygen atoms in total. The third kappa shape index (κ3) is 6.84. The van der Waals surface area contributed by atoms with Crippen LogP contribution in [0, 0.1) is 0 Å². The van der Waals surface area contributed by atoms with Gasteiger partial charge in [0, 0.05) is 64.8 Å². The van der Waals surface area contributed by atoms with Crippen molar-refractivity contribution in [2.75, 3.05) is 55.4 Å². The predicted molar refractivity (Wildman–Crippen MR) is 152 cm³/mol. The zero-order valence-electron chi connectivity index (χ0n) is 22.0. The van der Waals surface area contributed by atoms with Crippen molar-refractivity contribution < 1.29 is 8.42 Å².